The van der Waals surface area contributed by atoms with Gasteiger partial charge in [-0.05, 0) is 69.2 Å². The second kappa shape index (κ2) is 22.3. The van der Waals surface area contributed by atoms with Crippen molar-refractivity contribution in [3.63, 3.8) is 0 Å². The second-order valence-corrected chi connectivity index (χ2v) is 22.5. The van der Waals surface area contributed by atoms with Gasteiger partial charge in [0.15, 0.2) is 31.2 Å². The summed E-state index contributed by atoms with van der Waals surface area (Å²) >= 11 is 0. The third kappa shape index (κ3) is 12.0. The van der Waals surface area contributed by atoms with E-state index in [9.17, 15) is 50.1 Å². The molecule has 4 aromatic carbocycles. The van der Waals surface area contributed by atoms with Gasteiger partial charge in [0.05, 0.1) is 31.3 Å². The molecule has 0 bridgehead atoms. The highest BCUT2D eigenvalue weighted by Crippen LogP contribution is 2.41. The van der Waals surface area contributed by atoms with Crippen molar-refractivity contribution in [2.24, 2.45) is 10.2 Å². The van der Waals surface area contributed by atoms with Gasteiger partial charge < -0.3 is 5.11 Å². The Morgan fingerprint density at radius 2 is 1.27 bits per heavy atom. The van der Waals surface area contributed by atoms with E-state index in [4.69, 9.17) is 0 Å². The van der Waals surface area contributed by atoms with Gasteiger partial charge in [-0.1, -0.05) is 109 Å². The largest absolute Gasteiger partial charge is 0.507 e. The van der Waals surface area contributed by atoms with Gasteiger partial charge in [0.25, 0.3) is 15.7 Å². The number of Topliss-reactive ketones (excluding diaryl/α,β-unsaturated/α-hetero) is 2. The Labute approximate surface area is 387 Å². The van der Waals surface area contributed by atoms with Gasteiger partial charge in [-0.25, -0.2) is 25.3 Å². The molecule has 15 nitrogen and oxygen atoms in total. The summed E-state index contributed by atoms with van der Waals surface area (Å²) in [6.45, 7) is 7.11. The number of allylic oxidation sites excluding steroid dienone is 3. The molecule has 0 amide bonds. The number of anilines is 1. The summed E-state index contributed by atoms with van der Waals surface area (Å²) in [5.41, 5.74) is -0.296. The van der Waals surface area contributed by atoms with Crippen LogP contribution in [-0.4, -0.2) is 58.4 Å². The van der Waals surface area contributed by atoms with E-state index in [0.29, 0.717) is 19.3 Å². The maximum atomic E-state index is 14.9. The third-order valence-electron chi connectivity index (χ3n) is 11.9. The fourth-order valence-electron chi connectivity index (χ4n) is 8.15. The Balaban J connectivity index is 1.50. The van der Waals surface area contributed by atoms with Crippen LogP contribution in [-0.2, 0) is 39.3 Å². The zero-order valence-corrected chi connectivity index (χ0v) is 40.5. The number of aromatic hydroxyl groups is 1. The minimum Gasteiger partial charge on any atom is -0.507 e. The van der Waals surface area contributed by atoms with Crippen LogP contribution in [0.15, 0.2) is 120 Å². The smallest absolute Gasteiger partial charge is 0.270 e. The Morgan fingerprint density at radius 3 is 1.89 bits per heavy atom. The molecule has 1 aliphatic rings. The number of non-ortho nitro benzene ring substituents is 1. The lowest BCUT2D eigenvalue weighted by Gasteiger charge is -2.27. The number of sulfonamides is 1. The number of phenolic OH excluding ortho intramolecular Hbond substituents is 1. The first kappa shape index (κ1) is 51.4. The molecule has 4 aromatic rings. The molecule has 18 heteroatoms. The highest BCUT2D eigenvalue weighted by molar-refractivity contribution is 7.93. The van der Waals surface area contributed by atoms with Crippen LogP contribution in [0.1, 0.15) is 118 Å². The lowest BCUT2D eigenvalue weighted by Crippen LogP contribution is -2.34. The number of nitrogens with one attached hydrogen (secondary N) is 1. The van der Waals surface area contributed by atoms with Crippen molar-refractivity contribution < 1.29 is 44.9 Å². The summed E-state index contributed by atoms with van der Waals surface area (Å²) in [5, 5.41) is 29.1. The van der Waals surface area contributed by atoms with E-state index in [2.05, 4.69) is 21.9 Å². The fraction of sp³-hybridized carbons (Fsp3) is 0.417. The average Bonchev–Trinajstić information content (AvgIpc) is 3.28. The van der Waals surface area contributed by atoms with Crippen LogP contribution in [0.2, 0.25) is 0 Å². The van der Waals surface area contributed by atoms with E-state index in [0.717, 1.165) is 56.2 Å². The van der Waals surface area contributed by atoms with E-state index >= 15 is 0 Å². The number of phenols is 1. The number of azo groups is 1. The molecule has 354 valence electrons. The van der Waals surface area contributed by atoms with Crippen LogP contribution < -0.4 is 4.72 Å². The molecule has 0 aliphatic heterocycles. The summed E-state index contributed by atoms with van der Waals surface area (Å²) in [4.78, 5) is 37.1. The van der Waals surface area contributed by atoms with Gasteiger partial charge in [0.2, 0.25) is 0 Å². The Kier molecular flexibility index (Phi) is 17.3. The monoisotopic (exact) mass is 962 g/mol. The number of hydrogen-bond donors (Lipinski definition) is 2. The van der Waals surface area contributed by atoms with Crippen LogP contribution in [0.3, 0.4) is 0 Å². The lowest BCUT2D eigenvalue weighted by molar-refractivity contribution is -0.385. The molecule has 1 atom stereocenters. The van der Waals surface area contributed by atoms with Gasteiger partial charge in [-0.3, -0.25) is 24.4 Å². The first-order valence-corrected chi connectivity index (χ1v) is 27.2. The summed E-state index contributed by atoms with van der Waals surface area (Å²) in [6.07, 6.45) is 12.9. The lowest BCUT2D eigenvalue weighted by atomic mass is 9.81. The Bertz CT molecular complexity index is 2940. The predicted octanol–water partition coefficient (Wildman–Crippen LogP) is 11.5. The number of ketones is 2. The van der Waals surface area contributed by atoms with E-state index in [1.807, 2.05) is 6.92 Å². The number of hydrogen-bond acceptors (Lipinski definition) is 13. The van der Waals surface area contributed by atoms with Crippen molar-refractivity contribution >= 4 is 74.8 Å². The maximum absolute atomic E-state index is 14.9. The molecule has 0 saturated carbocycles. The molecule has 0 saturated heterocycles. The number of carbonyl (C=O) groups excluding carboxylic acids is 2. The molecule has 0 fully saturated rings. The average molecular weight is 963 g/mol. The molecule has 2 N–H and O–H groups in total. The molecule has 1 aliphatic carbocycles. The number of fused-ring (bicyclic) bond motifs is 1. The SMILES string of the molecule is CCCCCCCCCCCCCC(C1=C(CCC)C(=O)C(C)=C(C)C1=O)S(=O)(=O)c1cccc(S(=O)(=O)Nc2cccc3c(O)ccc(N=Nc4ccc([N+](=O)[O-])cc4S(C)(=O)=O)c23)c1. The molecule has 66 heavy (non-hydrogen) atoms. The van der Waals surface area contributed by atoms with Gasteiger partial charge in [0.1, 0.15) is 16.3 Å². The summed E-state index contributed by atoms with van der Waals surface area (Å²) < 4.78 is 85.9. The van der Waals surface area contributed by atoms with Crippen molar-refractivity contribution in [2.75, 3.05) is 11.0 Å². The van der Waals surface area contributed by atoms with Crippen molar-refractivity contribution in [1.82, 2.24) is 0 Å². The number of nitro groups is 1. The molecular formula is C48H58N4O11S3. The van der Waals surface area contributed by atoms with Gasteiger partial charge in [-0.2, -0.15) is 0 Å². The van der Waals surface area contributed by atoms with Crippen molar-refractivity contribution in [2.45, 2.75) is 138 Å². The number of rotatable bonds is 24. The zero-order valence-electron chi connectivity index (χ0n) is 38.0. The normalized spacial score (nSPS) is 14.4. The third-order valence-corrected chi connectivity index (χ3v) is 16.5. The van der Waals surface area contributed by atoms with Crippen molar-refractivity contribution in [3.8, 4) is 5.75 Å². The fourth-order valence-corrected chi connectivity index (χ4v) is 12.1. The number of carbonyl (C=O) groups is 2. The molecule has 0 heterocycles. The standard InChI is InChI=1S/C48H58N4O11S3/c1-6-8-9-10-11-12-13-14-15-16-17-25-43(46-38(20-7-2)47(54)32(3)33(4)48(46)55)65(60,61)35-21-18-22-36(31-35)66(62,63)51-41-24-19-23-37-42(53)29-28-40(45(37)41)50-49-39-27-26-34(52(56)57)30-44(39)64(5,58)59/h18-19,21-24,26-31,43,51,53H,6-17,20,25H2,1-5H3. The molecule has 0 aromatic heterocycles. The van der Waals surface area contributed by atoms with Gasteiger partial charge in [-0.15, -0.1) is 10.2 Å². The summed E-state index contributed by atoms with van der Waals surface area (Å²) in [5.74, 6) is -1.14. The number of benzene rings is 4. The molecule has 0 radical (unpaired) electrons. The van der Waals surface area contributed by atoms with Crippen molar-refractivity contribution in [3.05, 3.63) is 105 Å². The first-order chi connectivity index (χ1) is 31.2. The number of nitro benzene ring substituents is 1. The minimum atomic E-state index is -4.62. The molecular weight excluding hydrogens is 905 g/mol. The first-order valence-electron chi connectivity index (χ1n) is 22.3. The Hall–Kier alpha value is -5.59. The highest BCUT2D eigenvalue weighted by Gasteiger charge is 2.41. The number of nitrogens with zero attached hydrogens (tertiary/aromatic N) is 3. The molecule has 0 spiro atoms. The minimum absolute atomic E-state index is 0.0251. The van der Waals surface area contributed by atoms with Crippen LogP contribution in [0, 0.1) is 10.1 Å². The van der Waals surface area contributed by atoms with E-state index in [1.165, 1.54) is 87.6 Å². The topological polar surface area (TPSA) is 237 Å². The van der Waals surface area contributed by atoms with E-state index < -0.39 is 61.1 Å². The quantitative estimate of drug-likeness (QED) is 0.0220. The summed E-state index contributed by atoms with van der Waals surface area (Å²) in [7, 11) is -13.2. The predicted molar refractivity (Wildman–Crippen MR) is 256 cm³/mol. The maximum Gasteiger partial charge on any atom is 0.270 e. The van der Waals surface area contributed by atoms with Crippen LogP contribution in [0.4, 0.5) is 22.7 Å². The second-order valence-electron chi connectivity index (χ2n) is 16.7. The molecule has 1 unspecified atom stereocenters. The van der Waals surface area contributed by atoms with Crippen LogP contribution >= 0.6 is 0 Å². The van der Waals surface area contributed by atoms with Crippen LogP contribution in [0.25, 0.3) is 10.8 Å². The van der Waals surface area contributed by atoms with E-state index in [1.54, 1.807) is 6.92 Å². The van der Waals surface area contributed by atoms with Gasteiger partial charge >= 0.3 is 0 Å². The van der Waals surface area contributed by atoms with Crippen molar-refractivity contribution in [1.29, 1.82) is 0 Å². The van der Waals surface area contributed by atoms with Crippen LogP contribution in [0.5, 0.6) is 5.75 Å². The summed E-state index contributed by atoms with van der Waals surface area (Å²) in [6, 6.07) is 14.7. The highest BCUT2D eigenvalue weighted by atomic mass is 32.2. The molecule has 5 rings (SSSR count). The Morgan fingerprint density at radius 1 is 0.697 bits per heavy atom. The van der Waals surface area contributed by atoms with Gasteiger partial charge in [0, 0.05) is 51.5 Å². The zero-order chi connectivity index (χ0) is 48.4. The number of unbranched alkanes of at least 4 members (excludes halogenated alkanes) is 10. The van der Waals surface area contributed by atoms with E-state index in [-0.39, 0.29) is 79.4 Å². The number of sulfone groups is 2.